The van der Waals surface area contributed by atoms with Gasteiger partial charge in [0.05, 0.1) is 18.1 Å². The van der Waals surface area contributed by atoms with Crippen molar-refractivity contribution in [2.24, 2.45) is 0 Å². The van der Waals surface area contributed by atoms with Crippen molar-refractivity contribution >= 4 is 21.6 Å². The van der Waals surface area contributed by atoms with E-state index in [1.54, 1.807) is 12.1 Å². The highest BCUT2D eigenvalue weighted by Gasteiger charge is 2.20. The van der Waals surface area contributed by atoms with Crippen LogP contribution in [0.25, 0.3) is 0 Å². The molecule has 1 atom stereocenters. The van der Waals surface area contributed by atoms with Gasteiger partial charge in [-0.2, -0.15) is 0 Å². The lowest BCUT2D eigenvalue weighted by Gasteiger charge is -2.32. The van der Waals surface area contributed by atoms with Gasteiger partial charge in [-0.05, 0) is 31.2 Å². The van der Waals surface area contributed by atoms with Gasteiger partial charge in [0.2, 0.25) is 15.9 Å². The summed E-state index contributed by atoms with van der Waals surface area (Å²) in [5.74, 6) is -0.196. The topological polar surface area (TPSA) is 87.7 Å². The SMILES string of the molecule is CC(=O)Nc1ccc(S(=O)(=O)NCC(C)N2CCOCC2)cc1. The fourth-order valence-electron chi connectivity index (χ4n) is 2.38. The van der Waals surface area contributed by atoms with Crippen molar-refractivity contribution in [1.29, 1.82) is 0 Å². The third kappa shape index (κ3) is 5.28. The molecule has 23 heavy (non-hydrogen) atoms. The molecular weight excluding hydrogens is 318 g/mol. The molecule has 0 radical (unpaired) electrons. The first kappa shape index (κ1) is 17.9. The highest BCUT2D eigenvalue weighted by Crippen LogP contribution is 2.14. The lowest BCUT2D eigenvalue weighted by atomic mass is 10.2. The predicted octanol–water partition coefficient (Wildman–Crippen LogP) is 0.644. The van der Waals surface area contributed by atoms with Gasteiger partial charge in [-0.1, -0.05) is 0 Å². The lowest BCUT2D eigenvalue weighted by Crippen LogP contribution is -2.47. The molecule has 1 aromatic rings. The number of nitrogens with one attached hydrogen (secondary N) is 2. The number of benzene rings is 1. The smallest absolute Gasteiger partial charge is 0.240 e. The number of ether oxygens (including phenoxy) is 1. The molecule has 1 fully saturated rings. The average molecular weight is 341 g/mol. The predicted molar refractivity (Wildman–Crippen MR) is 87.8 cm³/mol. The second-order valence-corrected chi connectivity index (χ2v) is 7.32. The molecule has 128 valence electrons. The Bertz CT molecular complexity index is 625. The molecule has 1 saturated heterocycles. The standard InChI is InChI=1S/C15H23N3O4S/c1-12(18-7-9-22-10-8-18)11-16-23(20,21)15-5-3-14(4-6-15)17-13(2)19/h3-6,12,16H,7-11H2,1-2H3,(H,17,19). The van der Waals surface area contributed by atoms with Crippen molar-refractivity contribution in [3.05, 3.63) is 24.3 Å². The van der Waals surface area contributed by atoms with E-state index in [0.29, 0.717) is 25.4 Å². The van der Waals surface area contributed by atoms with Crippen LogP contribution in [0.15, 0.2) is 29.2 Å². The third-order valence-electron chi connectivity index (χ3n) is 3.72. The minimum absolute atomic E-state index is 0.104. The first-order valence-corrected chi connectivity index (χ1v) is 9.06. The molecule has 1 aliphatic rings. The van der Waals surface area contributed by atoms with Crippen LogP contribution in [0.1, 0.15) is 13.8 Å². The Kier molecular flexibility index (Phi) is 6.11. The lowest BCUT2D eigenvalue weighted by molar-refractivity contribution is -0.114. The highest BCUT2D eigenvalue weighted by molar-refractivity contribution is 7.89. The number of rotatable bonds is 6. The zero-order chi connectivity index (χ0) is 16.9. The summed E-state index contributed by atoms with van der Waals surface area (Å²) in [7, 11) is -3.56. The second kappa shape index (κ2) is 7.87. The zero-order valence-electron chi connectivity index (χ0n) is 13.4. The van der Waals surface area contributed by atoms with E-state index in [1.807, 2.05) is 6.92 Å². The largest absolute Gasteiger partial charge is 0.379 e. The molecule has 2 rings (SSSR count). The Labute approximate surface area is 137 Å². The first-order chi connectivity index (χ1) is 10.9. The summed E-state index contributed by atoms with van der Waals surface area (Å²) in [5.41, 5.74) is 0.568. The minimum Gasteiger partial charge on any atom is -0.379 e. The number of carbonyl (C=O) groups is 1. The molecule has 2 N–H and O–H groups in total. The van der Waals surface area contributed by atoms with Crippen LogP contribution in [0.4, 0.5) is 5.69 Å². The molecule has 0 spiro atoms. The summed E-state index contributed by atoms with van der Waals surface area (Å²) in [6.07, 6.45) is 0. The Morgan fingerprint density at radius 3 is 2.43 bits per heavy atom. The number of carbonyl (C=O) groups excluding carboxylic acids is 1. The summed E-state index contributed by atoms with van der Waals surface area (Å²) in [4.78, 5) is 13.3. The van der Waals surface area contributed by atoms with E-state index in [1.165, 1.54) is 19.1 Å². The van der Waals surface area contributed by atoms with Gasteiger partial charge in [-0.15, -0.1) is 0 Å². The van der Waals surface area contributed by atoms with Gasteiger partial charge in [-0.25, -0.2) is 13.1 Å². The minimum atomic E-state index is -3.56. The van der Waals surface area contributed by atoms with E-state index in [0.717, 1.165) is 13.1 Å². The van der Waals surface area contributed by atoms with E-state index in [2.05, 4.69) is 14.9 Å². The maximum atomic E-state index is 12.3. The number of anilines is 1. The van der Waals surface area contributed by atoms with E-state index < -0.39 is 10.0 Å². The van der Waals surface area contributed by atoms with Crippen LogP contribution in [0, 0.1) is 0 Å². The average Bonchev–Trinajstić information content (AvgIpc) is 2.53. The number of hydrogen-bond donors (Lipinski definition) is 2. The summed E-state index contributed by atoms with van der Waals surface area (Å²) in [5, 5.41) is 2.60. The first-order valence-electron chi connectivity index (χ1n) is 7.57. The van der Waals surface area contributed by atoms with Crippen LogP contribution in [0.5, 0.6) is 0 Å². The fraction of sp³-hybridized carbons (Fsp3) is 0.533. The Morgan fingerprint density at radius 2 is 1.87 bits per heavy atom. The molecule has 0 bridgehead atoms. The van der Waals surface area contributed by atoms with Gasteiger partial charge in [0, 0.05) is 38.3 Å². The Hall–Kier alpha value is -1.48. The van der Waals surface area contributed by atoms with Crippen molar-refractivity contribution in [1.82, 2.24) is 9.62 Å². The molecule has 1 amide bonds. The van der Waals surface area contributed by atoms with E-state index in [-0.39, 0.29) is 16.8 Å². The van der Waals surface area contributed by atoms with Crippen LogP contribution in [-0.4, -0.2) is 58.1 Å². The Morgan fingerprint density at radius 1 is 1.26 bits per heavy atom. The second-order valence-electron chi connectivity index (χ2n) is 5.55. The quantitative estimate of drug-likeness (QED) is 0.793. The normalized spacial score (nSPS) is 17.7. The molecule has 0 aliphatic carbocycles. The highest BCUT2D eigenvalue weighted by atomic mass is 32.2. The summed E-state index contributed by atoms with van der Waals surface area (Å²) >= 11 is 0. The molecule has 1 heterocycles. The summed E-state index contributed by atoms with van der Waals surface area (Å²) < 4.78 is 32.6. The molecule has 0 aromatic heterocycles. The maximum absolute atomic E-state index is 12.3. The van der Waals surface area contributed by atoms with Gasteiger partial charge in [-0.3, -0.25) is 9.69 Å². The molecule has 1 aliphatic heterocycles. The van der Waals surface area contributed by atoms with Crippen LogP contribution >= 0.6 is 0 Å². The summed E-state index contributed by atoms with van der Waals surface area (Å²) in [6.45, 7) is 6.73. The molecule has 8 heteroatoms. The Balaban J connectivity index is 1.94. The molecule has 0 saturated carbocycles. The van der Waals surface area contributed by atoms with Crippen molar-refractivity contribution in [2.45, 2.75) is 24.8 Å². The number of hydrogen-bond acceptors (Lipinski definition) is 5. The van der Waals surface area contributed by atoms with Gasteiger partial charge in [0.15, 0.2) is 0 Å². The fourth-order valence-corrected chi connectivity index (χ4v) is 3.50. The van der Waals surface area contributed by atoms with E-state index in [4.69, 9.17) is 4.74 Å². The molecule has 7 nitrogen and oxygen atoms in total. The monoisotopic (exact) mass is 341 g/mol. The van der Waals surface area contributed by atoms with Gasteiger partial charge in [0.25, 0.3) is 0 Å². The number of morpholine rings is 1. The zero-order valence-corrected chi connectivity index (χ0v) is 14.2. The number of nitrogens with zero attached hydrogens (tertiary/aromatic N) is 1. The van der Waals surface area contributed by atoms with Crippen LogP contribution < -0.4 is 10.0 Å². The molecule has 1 unspecified atom stereocenters. The molecular formula is C15H23N3O4S. The van der Waals surface area contributed by atoms with E-state index >= 15 is 0 Å². The van der Waals surface area contributed by atoms with Crippen molar-refractivity contribution < 1.29 is 17.9 Å². The van der Waals surface area contributed by atoms with Gasteiger partial charge < -0.3 is 10.1 Å². The third-order valence-corrected chi connectivity index (χ3v) is 5.16. The summed E-state index contributed by atoms with van der Waals surface area (Å²) in [6, 6.07) is 6.20. The maximum Gasteiger partial charge on any atom is 0.240 e. The van der Waals surface area contributed by atoms with E-state index in [9.17, 15) is 13.2 Å². The number of sulfonamides is 1. The van der Waals surface area contributed by atoms with Crippen LogP contribution in [-0.2, 0) is 19.6 Å². The van der Waals surface area contributed by atoms with Crippen molar-refractivity contribution in [3.8, 4) is 0 Å². The van der Waals surface area contributed by atoms with Gasteiger partial charge >= 0.3 is 0 Å². The number of amides is 1. The van der Waals surface area contributed by atoms with Crippen LogP contribution in [0.2, 0.25) is 0 Å². The van der Waals surface area contributed by atoms with Crippen molar-refractivity contribution in [3.63, 3.8) is 0 Å². The van der Waals surface area contributed by atoms with Crippen LogP contribution in [0.3, 0.4) is 0 Å². The van der Waals surface area contributed by atoms with Crippen molar-refractivity contribution in [2.75, 3.05) is 38.2 Å². The van der Waals surface area contributed by atoms with Gasteiger partial charge in [0.1, 0.15) is 0 Å². The molecule has 1 aromatic carbocycles.